The van der Waals surface area contributed by atoms with Crippen molar-refractivity contribution < 1.29 is 35.3 Å². The Morgan fingerprint density at radius 1 is 1.12 bits per heavy atom. The fourth-order valence-electron chi connectivity index (χ4n) is 4.21. The Kier molecular flexibility index (Phi) is 6.21. The molecule has 2 saturated heterocycles. The molecule has 0 unspecified atom stereocenters. The van der Waals surface area contributed by atoms with Crippen molar-refractivity contribution >= 4 is 27.4 Å². The average Bonchev–Trinajstić information content (AvgIpc) is 3.38. The van der Waals surface area contributed by atoms with Gasteiger partial charge in [-0.2, -0.15) is 13.8 Å². The van der Waals surface area contributed by atoms with Crippen molar-refractivity contribution in [3.05, 3.63) is 29.7 Å². The number of likely N-dealkylation sites (tertiary alicyclic amines) is 1. The molecule has 1 aromatic carbocycles. The van der Waals surface area contributed by atoms with Crippen LogP contribution in [-0.2, 0) is 20.6 Å². The molecule has 14 heteroatoms. The highest BCUT2D eigenvalue weighted by molar-refractivity contribution is 7.90. The monoisotopic (exact) mass is 505 g/mol. The van der Waals surface area contributed by atoms with Gasteiger partial charge in [0, 0.05) is 44.9 Å². The molecule has 0 bridgehead atoms. The zero-order valence-corrected chi connectivity index (χ0v) is 19.2. The highest BCUT2D eigenvalue weighted by atomic mass is 32.2. The van der Waals surface area contributed by atoms with Crippen LogP contribution in [0.1, 0.15) is 32.1 Å². The van der Waals surface area contributed by atoms with Gasteiger partial charge in [0.25, 0.3) is 11.8 Å². The van der Waals surface area contributed by atoms with E-state index < -0.39 is 44.2 Å². The number of hydrogen-bond acceptors (Lipinski definition) is 8. The Labute approximate surface area is 193 Å². The minimum absolute atomic E-state index is 0.0670. The van der Waals surface area contributed by atoms with E-state index in [0.29, 0.717) is 51.9 Å². The lowest BCUT2D eigenvalue weighted by Gasteiger charge is -2.36. The Hall–Kier alpha value is -2.90. The third-order valence-corrected chi connectivity index (χ3v) is 7.08. The fourth-order valence-corrected chi connectivity index (χ4v) is 4.94. The van der Waals surface area contributed by atoms with Gasteiger partial charge in [-0.3, -0.25) is 4.79 Å². The van der Waals surface area contributed by atoms with Crippen molar-refractivity contribution in [1.82, 2.24) is 15.0 Å². The van der Waals surface area contributed by atoms with E-state index in [0.717, 1.165) is 12.3 Å². The Bertz CT molecular complexity index is 1190. The van der Waals surface area contributed by atoms with E-state index in [1.54, 1.807) is 9.80 Å². The number of halogens is 4. The van der Waals surface area contributed by atoms with Crippen molar-refractivity contribution in [2.45, 2.75) is 49.1 Å². The van der Waals surface area contributed by atoms with Crippen LogP contribution in [0.5, 0.6) is 0 Å². The molecule has 3 heterocycles. The maximum absolute atomic E-state index is 14.4. The van der Waals surface area contributed by atoms with Gasteiger partial charge in [-0.05, 0) is 30.5 Å². The van der Waals surface area contributed by atoms with Crippen molar-refractivity contribution in [3.63, 3.8) is 0 Å². The molecule has 34 heavy (non-hydrogen) atoms. The number of nitrogens with one attached hydrogen (secondary N) is 1. The zero-order chi connectivity index (χ0) is 24.8. The molecule has 2 fully saturated rings. The van der Waals surface area contributed by atoms with E-state index in [2.05, 4.69) is 20.0 Å². The van der Waals surface area contributed by atoms with Crippen molar-refractivity contribution in [2.24, 2.45) is 0 Å². The number of anilines is 2. The molecule has 0 radical (unpaired) electrons. The number of carbonyl (C=O) groups excluding carboxylic acids is 1. The standard InChI is InChI=1S/C20H23F4N5O4S/c1-20(23,24)18-26-19(27-33-18)28-6-3-11(4-7-28)29-8-5-14(17(29)30)25-15-9-13(22)16(10-12(15)21)34(2,31)32/h9-11,14,25H,3-8H2,1-2H3/t14-/m0/s1. The highest BCUT2D eigenvalue weighted by Gasteiger charge is 2.39. The van der Waals surface area contributed by atoms with Gasteiger partial charge >= 0.3 is 5.92 Å². The van der Waals surface area contributed by atoms with Gasteiger partial charge in [0.05, 0.1) is 5.69 Å². The van der Waals surface area contributed by atoms with E-state index in [9.17, 15) is 30.8 Å². The van der Waals surface area contributed by atoms with Crippen LogP contribution in [-0.4, -0.2) is 67.3 Å². The molecule has 186 valence electrons. The third-order valence-electron chi connectivity index (χ3n) is 5.97. The lowest BCUT2D eigenvalue weighted by atomic mass is 10.0. The molecule has 2 aliphatic heterocycles. The number of alkyl halides is 2. The summed E-state index contributed by atoms with van der Waals surface area (Å²) in [6.45, 7) is 1.92. The lowest BCUT2D eigenvalue weighted by molar-refractivity contribution is -0.130. The first-order valence-electron chi connectivity index (χ1n) is 10.6. The molecule has 0 spiro atoms. The molecule has 1 aromatic heterocycles. The molecule has 1 atom stereocenters. The van der Waals surface area contributed by atoms with Gasteiger partial charge < -0.3 is 19.6 Å². The maximum atomic E-state index is 14.4. The average molecular weight is 505 g/mol. The summed E-state index contributed by atoms with van der Waals surface area (Å²) in [4.78, 5) is 19.3. The lowest BCUT2D eigenvalue weighted by Crippen LogP contribution is -2.47. The van der Waals surface area contributed by atoms with E-state index >= 15 is 0 Å². The van der Waals surface area contributed by atoms with E-state index in [1.165, 1.54) is 0 Å². The summed E-state index contributed by atoms with van der Waals surface area (Å²) in [6.07, 6.45) is 2.21. The first-order valence-corrected chi connectivity index (χ1v) is 12.5. The summed E-state index contributed by atoms with van der Waals surface area (Å²) in [5.74, 6) is -6.29. The molecule has 0 saturated carbocycles. The minimum atomic E-state index is -3.94. The van der Waals surface area contributed by atoms with Crippen LogP contribution in [0.15, 0.2) is 21.6 Å². The minimum Gasteiger partial charge on any atom is -0.371 e. The number of aromatic nitrogens is 2. The van der Waals surface area contributed by atoms with Gasteiger partial charge in [0.2, 0.25) is 5.91 Å². The predicted molar refractivity (Wildman–Crippen MR) is 112 cm³/mol. The molecule has 9 nitrogen and oxygen atoms in total. The molecule has 2 aliphatic rings. The summed E-state index contributed by atoms with van der Waals surface area (Å²) < 4.78 is 82.9. The summed E-state index contributed by atoms with van der Waals surface area (Å²) in [7, 11) is -3.94. The van der Waals surface area contributed by atoms with Crippen LogP contribution in [0.2, 0.25) is 0 Å². The number of sulfone groups is 1. The Balaban J connectivity index is 1.37. The molecule has 1 amide bonds. The van der Waals surface area contributed by atoms with Crippen LogP contribution < -0.4 is 10.2 Å². The van der Waals surface area contributed by atoms with Crippen molar-refractivity contribution in [3.8, 4) is 0 Å². The SMILES string of the molecule is CC(F)(F)c1nc(N2CCC(N3CC[C@H](Nc4cc(F)c(S(C)(=O)=O)cc4F)C3=O)CC2)no1. The van der Waals surface area contributed by atoms with E-state index in [4.69, 9.17) is 0 Å². The number of hydrogen-bond donors (Lipinski definition) is 1. The Morgan fingerprint density at radius 2 is 1.79 bits per heavy atom. The summed E-state index contributed by atoms with van der Waals surface area (Å²) in [5.41, 5.74) is -0.291. The zero-order valence-electron chi connectivity index (χ0n) is 18.4. The van der Waals surface area contributed by atoms with Crippen molar-refractivity contribution in [1.29, 1.82) is 0 Å². The topological polar surface area (TPSA) is 109 Å². The molecular formula is C20H23F4N5O4S. The van der Waals surface area contributed by atoms with Gasteiger partial charge in [-0.1, -0.05) is 0 Å². The fraction of sp³-hybridized carbons (Fsp3) is 0.550. The van der Waals surface area contributed by atoms with Crippen LogP contribution in [0.3, 0.4) is 0 Å². The van der Waals surface area contributed by atoms with Gasteiger partial charge in [-0.25, -0.2) is 17.2 Å². The second-order valence-corrected chi connectivity index (χ2v) is 10.5. The number of piperidine rings is 1. The first kappa shape index (κ1) is 24.2. The van der Waals surface area contributed by atoms with Crippen molar-refractivity contribution in [2.75, 3.05) is 36.1 Å². The highest BCUT2D eigenvalue weighted by Crippen LogP contribution is 2.30. The third kappa shape index (κ3) is 4.81. The second-order valence-electron chi connectivity index (χ2n) is 8.56. The number of rotatable bonds is 6. The molecule has 0 aliphatic carbocycles. The summed E-state index contributed by atoms with van der Waals surface area (Å²) >= 11 is 0. The van der Waals surface area contributed by atoms with Gasteiger partial charge in [0.1, 0.15) is 22.6 Å². The second kappa shape index (κ2) is 8.71. The van der Waals surface area contributed by atoms with Crippen LogP contribution in [0.25, 0.3) is 0 Å². The quantitative estimate of drug-likeness (QED) is 0.597. The number of amides is 1. The molecule has 4 rings (SSSR count). The first-order chi connectivity index (χ1) is 15.8. The van der Waals surface area contributed by atoms with Gasteiger partial charge in [0.15, 0.2) is 9.84 Å². The molecule has 2 aromatic rings. The normalized spacial score (nSPS) is 20.3. The predicted octanol–water partition coefficient (Wildman–Crippen LogP) is 2.54. The van der Waals surface area contributed by atoms with Crippen LogP contribution >= 0.6 is 0 Å². The summed E-state index contributed by atoms with van der Waals surface area (Å²) in [6, 6.07) is 0.419. The van der Waals surface area contributed by atoms with E-state index in [-0.39, 0.29) is 23.6 Å². The smallest absolute Gasteiger partial charge is 0.322 e. The maximum Gasteiger partial charge on any atom is 0.322 e. The van der Waals surface area contributed by atoms with Crippen LogP contribution in [0, 0.1) is 11.6 Å². The van der Waals surface area contributed by atoms with Gasteiger partial charge in [-0.15, -0.1) is 0 Å². The largest absolute Gasteiger partial charge is 0.371 e. The number of carbonyl (C=O) groups is 1. The number of benzene rings is 1. The number of nitrogens with zero attached hydrogens (tertiary/aromatic N) is 4. The summed E-state index contributed by atoms with van der Waals surface area (Å²) in [5, 5.41) is 6.29. The molecular weight excluding hydrogens is 482 g/mol. The van der Waals surface area contributed by atoms with Crippen LogP contribution in [0.4, 0.5) is 29.2 Å². The van der Waals surface area contributed by atoms with E-state index in [1.807, 2.05) is 0 Å². The molecule has 1 N–H and O–H groups in total. The Morgan fingerprint density at radius 3 is 2.38 bits per heavy atom.